The van der Waals surface area contributed by atoms with Crippen LogP contribution in [-0.4, -0.2) is 0 Å². The van der Waals surface area contributed by atoms with Gasteiger partial charge in [-0.05, 0) is 127 Å². The molecule has 61 heavy (non-hydrogen) atoms. The molecular weight excluding hydrogens is 737 g/mol. The maximum Gasteiger partial charge on any atom is 0.143 e. The summed E-state index contributed by atoms with van der Waals surface area (Å²) in [5, 5.41) is 22.3. The van der Waals surface area contributed by atoms with Gasteiger partial charge in [0, 0.05) is 21.5 Å². The van der Waals surface area contributed by atoms with Crippen molar-refractivity contribution in [1.29, 1.82) is 0 Å². The maximum absolute atomic E-state index is 6.86. The molecule has 0 radical (unpaired) electrons. The smallest absolute Gasteiger partial charge is 0.143 e. The van der Waals surface area contributed by atoms with Crippen molar-refractivity contribution < 1.29 is 4.42 Å². The Morgan fingerprint density at radius 1 is 0.230 bits per heavy atom. The molecular formula is C60H34O. The SMILES string of the molecule is c1ccc2cc(-c3c4ccccc4c(-c4c5ccccc5c(-c5ccc6oc7c8cccc9ccc%10cccc(c7c6c5)c%10c98)c5ccccc45)c4ccccc34)ccc2c1. The first-order valence-electron chi connectivity index (χ1n) is 21.2. The molecule has 0 aliphatic rings. The van der Waals surface area contributed by atoms with Gasteiger partial charge in [-0.2, -0.15) is 0 Å². The zero-order valence-corrected chi connectivity index (χ0v) is 33.0. The highest BCUT2D eigenvalue weighted by molar-refractivity contribution is 6.37. The molecule has 1 heteroatoms. The van der Waals surface area contributed by atoms with Gasteiger partial charge in [0.05, 0.1) is 0 Å². The summed E-state index contributed by atoms with van der Waals surface area (Å²) in [5.74, 6) is 0. The van der Waals surface area contributed by atoms with Crippen molar-refractivity contribution in [2.75, 3.05) is 0 Å². The second-order valence-corrected chi connectivity index (χ2v) is 16.6. The second kappa shape index (κ2) is 12.3. The van der Waals surface area contributed by atoms with Crippen molar-refractivity contribution in [2.24, 2.45) is 0 Å². The number of benzene rings is 13. The van der Waals surface area contributed by atoms with E-state index in [0.717, 1.165) is 16.6 Å². The molecule has 1 heterocycles. The number of rotatable bonds is 3. The van der Waals surface area contributed by atoms with E-state index in [1.807, 2.05) is 0 Å². The molecule has 0 bridgehead atoms. The highest BCUT2D eigenvalue weighted by Gasteiger charge is 2.24. The molecule has 0 saturated carbocycles. The third-order valence-electron chi connectivity index (χ3n) is 13.5. The van der Waals surface area contributed by atoms with Crippen LogP contribution in [0.15, 0.2) is 211 Å². The Morgan fingerprint density at radius 2 is 0.623 bits per heavy atom. The maximum atomic E-state index is 6.86. The van der Waals surface area contributed by atoms with Gasteiger partial charge in [-0.15, -0.1) is 0 Å². The summed E-state index contributed by atoms with van der Waals surface area (Å²) >= 11 is 0. The van der Waals surface area contributed by atoms with Crippen LogP contribution in [0.4, 0.5) is 0 Å². The van der Waals surface area contributed by atoms with Gasteiger partial charge in [0.25, 0.3) is 0 Å². The van der Waals surface area contributed by atoms with Crippen molar-refractivity contribution in [3.8, 4) is 33.4 Å². The first-order valence-corrected chi connectivity index (χ1v) is 21.2. The molecule has 280 valence electrons. The number of hydrogen-bond acceptors (Lipinski definition) is 1. The Balaban J connectivity index is 1.08. The highest BCUT2D eigenvalue weighted by Crippen LogP contribution is 2.51. The summed E-state index contributed by atoms with van der Waals surface area (Å²) in [4.78, 5) is 0. The molecule has 14 rings (SSSR count). The summed E-state index contributed by atoms with van der Waals surface area (Å²) in [5.41, 5.74) is 9.34. The van der Waals surface area contributed by atoms with Crippen LogP contribution in [0, 0.1) is 0 Å². The average Bonchev–Trinajstić information content (AvgIpc) is 3.71. The third kappa shape index (κ3) is 4.50. The van der Waals surface area contributed by atoms with Crippen LogP contribution in [0.3, 0.4) is 0 Å². The zero-order chi connectivity index (χ0) is 39.8. The van der Waals surface area contributed by atoms with Crippen LogP contribution in [0.2, 0.25) is 0 Å². The fourth-order valence-electron chi connectivity index (χ4n) is 11.0. The Labute approximate surface area is 350 Å². The first-order chi connectivity index (χ1) is 30.3. The Kier molecular flexibility index (Phi) is 6.62. The van der Waals surface area contributed by atoms with E-state index in [1.54, 1.807) is 0 Å². The highest BCUT2D eigenvalue weighted by atomic mass is 16.3. The van der Waals surface area contributed by atoms with E-state index in [2.05, 4.69) is 206 Å². The molecule has 1 nitrogen and oxygen atoms in total. The molecule has 0 unspecified atom stereocenters. The van der Waals surface area contributed by atoms with Gasteiger partial charge in [0.15, 0.2) is 0 Å². The van der Waals surface area contributed by atoms with Crippen LogP contribution < -0.4 is 0 Å². The van der Waals surface area contributed by atoms with Crippen LogP contribution >= 0.6 is 0 Å². The average molecular weight is 771 g/mol. The summed E-state index contributed by atoms with van der Waals surface area (Å²) in [6.45, 7) is 0. The van der Waals surface area contributed by atoms with E-state index >= 15 is 0 Å². The largest absolute Gasteiger partial charge is 0.455 e. The minimum absolute atomic E-state index is 0.908. The molecule has 0 aliphatic carbocycles. The van der Waals surface area contributed by atoms with E-state index < -0.39 is 0 Å². The van der Waals surface area contributed by atoms with E-state index in [9.17, 15) is 0 Å². The minimum atomic E-state index is 0.908. The van der Waals surface area contributed by atoms with E-state index in [0.29, 0.717) is 0 Å². The summed E-state index contributed by atoms with van der Waals surface area (Å²) in [6, 6.07) is 76.4. The minimum Gasteiger partial charge on any atom is -0.455 e. The summed E-state index contributed by atoms with van der Waals surface area (Å²) in [7, 11) is 0. The lowest BCUT2D eigenvalue weighted by Crippen LogP contribution is -1.94. The number of furan rings is 1. The summed E-state index contributed by atoms with van der Waals surface area (Å²) in [6.07, 6.45) is 0. The van der Waals surface area contributed by atoms with Crippen molar-refractivity contribution in [2.45, 2.75) is 0 Å². The normalized spacial score (nSPS) is 12.3. The topological polar surface area (TPSA) is 13.1 Å². The quantitative estimate of drug-likeness (QED) is 0.129. The lowest BCUT2D eigenvalue weighted by Gasteiger charge is -2.22. The van der Waals surface area contributed by atoms with E-state index in [4.69, 9.17) is 4.42 Å². The van der Waals surface area contributed by atoms with Gasteiger partial charge in [0.1, 0.15) is 11.2 Å². The Hall–Kier alpha value is -8.00. The van der Waals surface area contributed by atoms with Gasteiger partial charge >= 0.3 is 0 Å². The molecule has 0 fully saturated rings. The Bertz CT molecular complexity index is 4050. The molecule has 0 saturated heterocycles. The monoisotopic (exact) mass is 770 g/mol. The van der Waals surface area contributed by atoms with E-state index in [1.165, 1.54) is 125 Å². The molecule has 14 aromatic rings. The molecule has 0 aliphatic heterocycles. The lowest BCUT2D eigenvalue weighted by molar-refractivity contribution is 0.673. The molecule has 0 spiro atoms. The van der Waals surface area contributed by atoms with E-state index in [-0.39, 0.29) is 0 Å². The van der Waals surface area contributed by atoms with Crippen molar-refractivity contribution >= 4 is 108 Å². The number of fused-ring (bicyclic) bond motifs is 10. The fourth-order valence-corrected chi connectivity index (χ4v) is 11.0. The molecule has 0 atom stereocenters. The lowest BCUT2D eigenvalue weighted by atomic mass is 9.81. The zero-order valence-electron chi connectivity index (χ0n) is 33.0. The number of hydrogen-bond donors (Lipinski definition) is 0. The van der Waals surface area contributed by atoms with Crippen molar-refractivity contribution in [3.05, 3.63) is 206 Å². The van der Waals surface area contributed by atoms with Crippen molar-refractivity contribution in [1.82, 2.24) is 0 Å². The molecule has 1 aromatic heterocycles. The van der Waals surface area contributed by atoms with Crippen LogP contribution in [0.1, 0.15) is 0 Å². The molecule has 13 aromatic carbocycles. The van der Waals surface area contributed by atoms with Gasteiger partial charge in [-0.25, -0.2) is 0 Å². The van der Waals surface area contributed by atoms with Crippen LogP contribution in [0.5, 0.6) is 0 Å². The Morgan fingerprint density at radius 3 is 1.18 bits per heavy atom. The predicted octanol–water partition coefficient (Wildman–Crippen LogP) is 17.3. The molecule has 0 N–H and O–H groups in total. The standard InChI is InChI=1S/C60H34O/c1-2-14-38-33-39(30-27-35(38)13-1)53-41-17-3-7-21-45(41)57(46-22-8-4-18-42(46)53)58-47-23-9-5-19-43(47)54(44-20-6-10-24-48(44)58)40-31-32-52-51(34-40)59-49-25-11-15-36-28-29-37-16-12-26-50(60(59)61-52)56(37)55(36)49/h1-34H. The van der Waals surface area contributed by atoms with Gasteiger partial charge in [-0.3, -0.25) is 0 Å². The fraction of sp³-hybridized carbons (Fsp3) is 0. The van der Waals surface area contributed by atoms with Crippen LogP contribution in [0.25, 0.3) is 141 Å². The van der Waals surface area contributed by atoms with Crippen molar-refractivity contribution in [3.63, 3.8) is 0 Å². The van der Waals surface area contributed by atoms with Crippen LogP contribution in [-0.2, 0) is 0 Å². The second-order valence-electron chi connectivity index (χ2n) is 16.6. The van der Waals surface area contributed by atoms with Gasteiger partial charge in [0.2, 0.25) is 0 Å². The summed E-state index contributed by atoms with van der Waals surface area (Å²) < 4.78 is 6.86. The van der Waals surface area contributed by atoms with Gasteiger partial charge < -0.3 is 4.42 Å². The first kappa shape index (κ1) is 32.9. The predicted molar refractivity (Wildman–Crippen MR) is 261 cm³/mol. The third-order valence-corrected chi connectivity index (χ3v) is 13.5. The van der Waals surface area contributed by atoms with Gasteiger partial charge in [-0.1, -0.05) is 188 Å². The molecule has 0 amide bonds.